The number of piperidine rings is 1. The number of aromatic carboxylic acids is 1. The molecule has 3 heterocycles. The summed E-state index contributed by atoms with van der Waals surface area (Å²) < 4.78 is 1.91. The molecular weight excluding hydrogens is 438 g/mol. The zero-order chi connectivity index (χ0) is 23.9. The molecule has 5 bridgehead atoms. The number of benzene rings is 1. The summed E-state index contributed by atoms with van der Waals surface area (Å²) in [6, 6.07) is 9.36. The molecule has 5 atom stereocenters. The molecule has 1 N–H and O–H groups in total. The SMILES string of the molecule is CC1CCC2CC3(n4c(=O)c(C(=O)O)nc5ccccc54)CC1C(C3)N2C1C2CCCC1CCC2. The van der Waals surface area contributed by atoms with Gasteiger partial charge in [-0.1, -0.05) is 31.9 Å². The van der Waals surface area contributed by atoms with Crippen LogP contribution >= 0.6 is 0 Å². The number of carbonyl (C=O) groups is 1. The van der Waals surface area contributed by atoms with E-state index in [0.717, 1.165) is 42.7 Å². The number of hydrogen-bond donors (Lipinski definition) is 1. The van der Waals surface area contributed by atoms with E-state index in [-0.39, 0.29) is 11.2 Å². The minimum atomic E-state index is -1.22. The van der Waals surface area contributed by atoms with Crippen molar-refractivity contribution in [2.75, 3.05) is 0 Å². The molecule has 2 aliphatic heterocycles. The fraction of sp³-hybridized carbons (Fsp3) is 0.690. The Balaban J connectivity index is 1.38. The van der Waals surface area contributed by atoms with E-state index in [1.54, 1.807) is 0 Å². The highest BCUT2D eigenvalue weighted by Crippen LogP contribution is 2.59. The summed E-state index contributed by atoms with van der Waals surface area (Å²) in [5, 5.41) is 9.84. The van der Waals surface area contributed by atoms with Crippen LogP contribution in [-0.4, -0.2) is 43.7 Å². The molecule has 1 aromatic heterocycles. The highest BCUT2D eigenvalue weighted by Gasteiger charge is 2.61. The van der Waals surface area contributed by atoms with Gasteiger partial charge in [0.2, 0.25) is 5.69 Å². The van der Waals surface area contributed by atoms with Crippen LogP contribution < -0.4 is 5.56 Å². The molecule has 0 radical (unpaired) electrons. The molecular formula is C29H37N3O3. The summed E-state index contributed by atoms with van der Waals surface area (Å²) in [5.74, 6) is 1.67. The van der Waals surface area contributed by atoms with Gasteiger partial charge in [0.05, 0.1) is 16.6 Å². The second-order valence-corrected chi connectivity index (χ2v) is 12.5. The van der Waals surface area contributed by atoms with E-state index < -0.39 is 11.5 Å². The van der Waals surface area contributed by atoms with Crippen molar-refractivity contribution in [3.63, 3.8) is 0 Å². The molecule has 6 heteroatoms. The van der Waals surface area contributed by atoms with Crippen LogP contribution in [0.15, 0.2) is 29.1 Å². The number of para-hydroxylation sites is 2. The molecule has 3 saturated carbocycles. The first kappa shape index (κ1) is 22.0. The van der Waals surface area contributed by atoms with Gasteiger partial charge in [0.1, 0.15) is 0 Å². The zero-order valence-corrected chi connectivity index (χ0v) is 20.7. The number of nitrogens with zero attached hydrogens (tertiary/aromatic N) is 3. The first-order valence-corrected chi connectivity index (χ1v) is 14.0. The van der Waals surface area contributed by atoms with Crippen molar-refractivity contribution < 1.29 is 9.90 Å². The zero-order valence-electron chi connectivity index (χ0n) is 20.7. The average Bonchev–Trinajstić information content (AvgIpc) is 3.11. The van der Waals surface area contributed by atoms with Gasteiger partial charge in [0.15, 0.2) is 0 Å². The fourth-order valence-electron chi connectivity index (χ4n) is 9.62. The van der Waals surface area contributed by atoms with E-state index in [4.69, 9.17) is 0 Å². The van der Waals surface area contributed by atoms with E-state index in [0.29, 0.717) is 29.4 Å². The van der Waals surface area contributed by atoms with Crippen LogP contribution in [0.2, 0.25) is 0 Å². The molecule has 5 fully saturated rings. The van der Waals surface area contributed by atoms with Gasteiger partial charge in [-0.3, -0.25) is 14.3 Å². The largest absolute Gasteiger partial charge is 0.476 e. The van der Waals surface area contributed by atoms with Crippen LogP contribution in [0.5, 0.6) is 0 Å². The number of carboxylic acid groups (broad SMARTS) is 1. The molecule has 5 aliphatic rings. The Bertz CT molecular complexity index is 1220. The predicted octanol–water partition coefficient (Wildman–Crippen LogP) is 5.04. The van der Waals surface area contributed by atoms with Crippen LogP contribution in [0.25, 0.3) is 11.0 Å². The van der Waals surface area contributed by atoms with E-state index in [9.17, 15) is 14.7 Å². The van der Waals surface area contributed by atoms with Crippen molar-refractivity contribution in [1.82, 2.24) is 14.5 Å². The maximum Gasteiger partial charge on any atom is 0.360 e. The molecule has 0 amide bonds. The molecule has 1 aromatic carbocycles. The number of carboxylic acids is 1. The Labute approximate surface area is 206 Å². The van der Waals surface area contributed by atoms with Crippen LogP contribution in [0.3, 0.4) is 0 Å². The van der Waals surface area contributed by atoms with E-state index in [2.05, 4.69) is 16.8 Å². The lowest BCUT2D eigenvalue weighted by Crippen LogP contribution is -2.61. The van der Waals surface area contributed by atoms with Crippen molar-refractivity contribution in [2.24, 2.45) is 23.7 Å². The molecule has 2 saturated heterocycles. The number of hydrogen-bond acceptors (Lipinski definition) is 4. The third-order valence-electron chi connectivity index (χ3n) is 10.9. The first-order chi connectivity index (χ1) is 17.0. The Morgan fingerprint density at radius 1 is 1.00 bits per heavy atom. The molecule has 5 unspecified atom stereocenters. The second kappa shape index (κ2) is 7.89. The van der Waals surface area contributed by atoms with Crippen LogP contribution in [0.4, 0.5) is 0 Å². The lowest BCUT2D eigenvalue weighted by Gasteiger charge is -2.56. The Morgan fingerprint density at radius 3 is 2.43 bits per heavy atom. The number of rotatable bonds is 3. The van der Waals surface area contributed by atoms with Crippen LogP contribution in [0, 0.1) is 23.7 Å². The predicted molar refractivity (Wildman–Crippen MR) is 135 cm³/mol. The van der Waals surface area contributed by atoms with Crippen molar-refractivity contribution in [1.29, 1.82) is 0 Å². The highest BCUT2D eigenvalue weighted by atomic mass is 16.4. The molecule has 0 spiro atoms. The van der Waals surface area contributed by atoms with Gasteiger partial charge in [-0.05, 0) is 93.6 Å². The normalized spacial score (nSPS) is 40.7. The van der Waals surface area contributed by atoms with Gasteiger partial charge >= 0.3 is 5.97 Å². The molecule has 7 rings (SSSR count). The summed E-state index contributed by atoms with van der Waals surface area (Å²) in [5.41, 5.74) is 0.370. The van der Waals surface area contributed by atoms with Crippen molar-refractivity contribution in [3.05, 3.63) is 40.3 Å². The Hall–Kier alpha value is -2.21. The minimum Gasteiger partial charge on any atom is -0.476 e. The summed E-state index contributed by atoms with van der Waals surface area (Å²) in [6.45, 7) is 2.43. The molecule has 6 nitrogen and oxygen atoms in total. The monoisotopic (exact) mass is 475 g/mol. The Morgan fingerprint density at radius 2 is 1.71 bits per heavy atom. The van der Waals surface area contributed by atoms with E-state index in [1.807, 2.05) is 28.8 Å². The third kappa shape index (κ3) is 3.14. The highest BCUT2D eigenvalue weighted by molar-refractivity contribution is 5.88. The maximum absolute atomic E-state index is 13.8. The smallest absolute Gasteiger partial charge is 0.360 e. The van der Waals surface area contributed by atoms with Gasteiger partial charge in [-0.2, -0.15) is 0 Å². The fourth-order valence-corrected chi connectivity index (χ4v) is 9.62. The van der Waals surface area contributed by atoms with Crippen LogP contribution in [-0.2, 0) is 5.54 Å². The lowest BCUT2D eigenvalue weighted by molar-refractivity contribution is -0.0633. The van der Waals surface area contributed by atoms with Gasteiger partial charge < -0.3 is 5.11 Å². The summed E-state index contributed by atoms with van der Waals surface area (Å²) in [4.78, 5) is 33.1. The second-order valence-electron chi connectivity index (χ2n) is 12.5. The molecule has 3 aliphatic carbocycles. The quantitative estimate of drug-likeness (QED) is 0.673. The maximum atomic E-state index is 13.8. The van der Waals surface area contributed by atoms with Gasteiger partial charge in [0, 0.05) is 18.1 Å². The van der Waals surface area contributed by atoms with Crippen molar-refractivity contribution in [2.45, 2.75) is 101 Å². The third-order valence-corrected chi connectivity index (χ3v) is 10.9. The van der Waals surface area contributed by atoms with Gasteiger partial charge in [-0.25, -0.2) is 9.78 Å². The number of fused-ring (bicyclic) bond motifs is 6. The standard InChI is InChI=1S/C29H37N3O3/c1-17-12-13-20-14-29(32-23-11-3-2-10-22(23)30-25(27(32)33)28(34)35)15-21(17)24(16-29)31(20)26-18-6-4-7-19(26)9-5-8-18/h2-3,10-11,17-21,24,26H,4-9,12-16H2,1H3,(H,34,35). The molecule has 35 heavy (non-hydrogen) atoms. The Kier molecular flexibility index (Phi) is 4.97. The minimum absolute atomic E-state index is 0.307. The average molecular weight is 476 g/mol. The van der Waals surface area contributed by atoms with Crippen LogP contribution in [0.1, 0.15) is 88.0 Å². The van der Waals surface area contributed by atoms with Gasteiger partial charge in [-0.15, -0.1) is 0 Å². The van der Waals surface area contributed by atoms with Gasteiger partial charge in [0.25, 0.3) is 5.56 Å². The summed E-state index contributed by atoms with van der Waals surface area (Å²) in [7, 11) is 0. The first-order valence-electron chi connectivity index (χ1n) is 14.0. The molecule has 2 aromatic rings. The van der Waals surface area contributed by atoms with Crippen molar-refractivity contribution >= 4 is 17.0 Å². The van der Waals surface area contributed by atoms with E-state index in [1.165, 1.54) is 51.4 Å². The van der Waals surface area contributed by atoms with E-state index >= 15 is 0 Å². The lowest BCUT2D eigenvalue weighted by atomic mass is 9.66. The summed E-state index contributed by atoms with van der Waals surface area (Å²) >= 11 is 0. The summed E-state index contributed by atoms with van der Waals surface area (Å²) in [6.07, 6.45) is 13.8. The number of aromatic nitrogens is 2. The molecule has 186 valence electrons. The topological polar surface area (TPSA) is 75.4 Å². The van der Waals surface area contributed by atoms with Crippen molar-refractivity contribution in [3.8, 4) is 0 Å².